The zero-order valence-corrected chi connectivity index (χ0v) is 9.76. The van der Waals surface area contributed by atoms with Crippen molar-refractivity contribution < 1.29 is 0 Å². The van der Waals surface area contributed by atoms with Crippen LogP contribution in [0.3, 0.4) is 0 Å². The molecule has 0 unspecified atom stereocenters. The lowest BCUT2D eigenvalue weighted by atomic mass is 10.1. The highest BCUT2D eigenvalue weighted by Crippen LogP contribution is 2.36. The van der Waals surface area contributed by atoms with Crippen LogP contribution in [0.4, 0.5) is 5.69 Å². The first kappa shape index (κ1) is 11.3. The monoisotopic (exact) mass is 255 g/mol. The number of nitrogen functional groups attached to an aromatic ring is 1. The fourth-order valence-corrected chi connectivity index (χ4v) is 1.58. The smallest absolute Gasteiger partial charge is 0.156 e. The summed E-state index contributed by atoms with van der Waals surface area (Å²) in [5, 5.41) is 0. The molecule has 0 aliphatic heterocycles. The van der Waals surface area contributed by atoms with Gasteiger partial charge in [-0.3, -0.25) is 0 Å². The van der Waals surface area contributed by atoms with E-state index in [9.17, 15) is 0 Å². The minimum Gasteiger partial charge on any atom is -0.399 e. The quantitative estimate of drug-likeness (QED) is 0.473. The minimum absolute atomic E-state index is 0.104. The second-order valence-electron chi connectivity index (χ2n) is 2.65. The van der Waals surface area contributed by atoms with Crippen molar-refractivity contribution >= 4 is 53.1 Å². The molecule has 0 aliphatic carbocycles. The average molecular weight is 257 g/mol. The van der Waals surface area contributed by atoms with E-state index in [4.69, 9.17) is 40.5 Å². The van der Waals surface area contributed by atoms with Gasteiger partial charge in [0.1, 0.15) is 0 Å². The summed E-state index contributed by atoms with van der Waals surface area (Å²) in [6.07, 6.45) is 0. The van der Waals surface area contributed by atoms with Crippen molar-refractivity contribution in [3.05, 3.63) is 23.8 Å². The summed E-state index contributed by atoms with van der Waals surface area (Å²) in [5.41, 5.74) is 6.83. The number of benzene rings is 1. The van der Waals surface area contributed by atoms with Gasteiger partial charge in [0.25, 0.3) is 0 Å². The summed E-state index contributed by atoms with van der Waals surface area (Å²) >= 11 is 21.6. The number of thiol groups is 1. The predicted octanol–water partition coefficient (Wildman–Crippen LogP) is 3.43. The molecular weight excluding hydrogens is 249 g/mol. The van der Waals surface area contributed by atoms with E-state index in [1.807, 2.05) is 0 Å². The summed E-state index contributed by atoms with van der Waals surface area (Å²) in [6.45, 7) is 0. The van der Waals surface area contributed by atoms with Gasteiger partial charge in [0, 0.05) is 10.6 Å². The molecule has 0 spiro atoms. The van der Waals surface area contributed by atoms with Crippen LogP contribution in [0.2, 0.25) is 0 Å². The molecule has 0 saturated heterocycles. The summed E-state index contributed by atoms with van der Waals surface area (Å²) < 4.78 is -1.10. The van der Waals surface area contributed by atoms with E-state index >= 15 is 0 Å². The van der Waals surface area contributed by atoms with Crippen LogP contribution in [0.5, 0.6) is 0 Å². The van der Waals surface area contributed by atoms with Gasteiger partial charge in [0.2, 0.25) is 0 Å². The van der Waals surface area contributed by atoms with Gasteiger partial charge in [-0.1, -0.05) is 23.2 Å². The second kappa shape index (κ2) is 4.18. The lowest BCUT2D eigenvalue weighted by Crippen LogP contribution is -2.12. The first-order chi connectivity index (χ1) is 5.95. The van der Waals surface area contributed by atoms with Crippen molar-refractivity contribution in [1.82, 2.24) is 0 Å². The van der Waals surface area contributed by atoms with Crippen LogP contribution in [-0.4, -0.2) is 5.88 Å². The largest absolute Gasteiger partial charge is 0.399 e. The van der Waals surface area contributed by atoms with Crippen molar-refractivity contribution in [1.29, 1.82) is 0 Å². The van der Waals surface area contributed by atoms with Crippen LogP contribution < -0.4 is 5.73 Å². The standard InChI is InChI=1S/C8H8Cl3NS/c9-4-8(10,11)5-1-6(12)3-7(13)2-5/h1-3,13H,4,12H2. The maximum atomic E-state index is 5.93. The first-order valence-corrected chi connectivity index (χ1v) is 5.23. The van der Waals surface area contributed by atoms with Crippen molar-refractivity contribution in [2.45, 2.75) is 9.23 Å². The summed E-state index contributed by atoms with van der Waals surface area (Å²) in [7, 11) is 0. The van der Waals surface area contributed by atoms with Gasteiger partial charge in [0.05, 0.1) is 5.88 Å². The van der Waals surface area contributed by atoms with Gasteiger partial charge in [-0.2, -0.15) is 0 Å². The Morgan fingerprint density at radius 2 is 1.92 bits per heavy atom. The molecule has 0 radical (unpaired) electrons. The lowest BCUT2D eigenvalue weighted by Gasteiger charge is -2.17. The van der Waals surface area contributed by atoms with Crippen molar-refractivity contribution in [3.63, 3.8) is 0 Å². The number of hydrogen-bond acceptors (Lipinski definition) is 2. The normalized spacial score (nSPS) is 11.7. The van der Waals surface area contributed by atoms with Crippen LogP contribution in [0.1, 0.15) is 5.56 Å². The van der Waals surface area contributed by atoms with Gasteiger partial charge in [-0.25, -0.2) is 0 Å². The first-order valence-electron chi connectivity index (χ1n) is 3.49. The molecule has 0 atom stereocenters. The molecule has 13 heavy (non-hydrogen) atoms. The van der Waals surface area contributed by atoms with Crippen LogP contribution in [0.25, 0.3) is 0 Å². The fourth-order valence-electron chi connectivity index (χ4n) is 0.923. The van der Waals surface area contributed by atoms with E-state index in [1.165, 1.54) is 0 Å². The summed E-state index contributed by atoms with van der Waals surface area (Å²) in [6, 6.07) is 5.13. The molecule has 1 aromatic rings. The molecule has 1 nitrogen and oxygen atoms in total. The van der Waals surface area contributed by atoms with E-state index in [0.717, 1.165) is 0 Å². The molecule has 1 rings (SSSR count). The Kier molecular flexibility index (Phi) is 3.64. The van der Waals surface area contributed by atoms with Crippen LogP contribution in [0.15, 0.2) is 23.1 Å². The van der Waals surface area contributed by atoms with Crippen molar-refractivity contribution in [3.8, 4) is 0 Å². The van der Waals surface area contributed by atoms with E-state index in [1.54, 1.807) is 18.2 Å². The topological polar surface area (TPSA) is 26.0 Å². The summed E-state index contributed by atoms with van der Waals surface area (Å²) in [5.74, 6) is 0.104. The lowest BCUT2D eigenvalue weighted by molar-refractivity contribution is 0.980. The fraction of sp³-hybridized carbons (Fsp3) is 0.250. The molecule has 0 aliphatic rings. The third-order valence-electron chi connectivity index (χ3n) is 1.53. The second-order valence-corrected chi connectivity index (χ2v) is 4.92. The number of alkyl halides is 3. The number of hydrogen-bond donors (Lipinski definition) is 2. The molecule has 2 N–H and O–H groups in total. The van der Waals surface area contributed by atoms with E-state index in [0.29, 0.717) is 16.1 Å². The van der Waals surface area contributed by atoms with Crippen molar-refractivity contribution in [2.24, 2.45) is 0 Å². The molecule has 0 heterocycles. The zero-order valence-electron chi connectivity index (χ0n) is 6.60. The average Bonchev–Trinajstić information content (AvgIpc) is 2.02. The molecule has 0 amide bonds. The van der Waals surface area contributed by atoms with Crippen LogP contribution in [-0.2, 0) is 4.33 Å². The molecule has 0 fully saturated rings. The third-order valence-corrected chi connectivity index (χ3v) is 3.17. The Labute approximate surface area is 97.6 Å². The van der Waals surface area contributed by atoms with Gasteiger partial charge >= 0.3 is 0 Å². The van der Waals surface area contributed by atoms with Crippen LogP contribution in [0, 0.1) is 0 Å². The van der Waals surface area contributed by atoms with Gasteiger partial charge in [-0.15, -0.1) is 24.2 Å². The highest BCUT2D eigenvalue weighted by atomic mass is 35.5. The summed E-state index contributed by atoms with van der Waals surface area (Å²) in [4.78, 5) is 0.714. The molecular formula is C8H8Cl3NS. The SMILES string of the molecule is Nc1cc(S)cc(C(Cl)(Cl)CCl)c1. The van der Waals surface area contributed by atoms with Crippen LogP contribution >= 0.6 is 47.4 Å². The Morgan fingerprint density at radius 3 is 2.38 bits per heavy atom. The Balaban J connectivity index is 3.15. The maximum Gasteiger partial charge on any atom is 0.156 e. The van der Waals surface area contributed by atoms with Gasteiger partial charge < -0.3 is 5.73 Å². The highest BCUT2D eigenvalue weighted by molar-refractivity contribution is 7.80. The third kappa shape index (κ3) is 2.84. The Bertz CT molecular complexity index is 294. The Morgan fingerprint density at radius 1 is 1.31 bits per heavy atom. The van der Waals surface area contributed by atoms with Gasteiger partial charge in [0.15, 0.2) is 4.33 Å². The molecule has 0 bridgehead atoms. The number of anilines is 1. The van der Waals surface area contributed by atoms with Crippen molar-refractivity contribution in [2.75, 3.05) is 11.6 Å². The molecule has 5 heteroatoms. The number of halogens is 3. The van der Waals surface area contributed by atoms with E-state index in [-0.39, 0.29) is 5.88 Å². The number of rotatable bonds is 2. The maximum absolute atomic E-state index is 5.93. The highest BCUT2D eigenvalue weighted by Gasteiger charge is 2.25. The zero-order chi connectivity index (χ0) is 10.1. The number of nitrogens with two attached hydrogens (primary N) is 1. The molecule has 72 valence electrons. The molecule has 0 aromatic heterocycles. The van der Waals surface area contributed by atoms with E-state index in [2.05, 4.69) is 12.6 Å². The molecule has 0 saturated carbocycles. The van der Waals surface area contributed by atoms with E-state index < -0.39 is 4.33 Å². The molecule has 1 aromatic carbocycles. The van der Waals surface area contributed by atoms with Gasteiger partial charge in [-0.05, 0) is 23.8 Å². The Hall–Kier alpha value is 0.240. The minimum atomic E-state index is -1.10. The predicted molar refractivity (Wildman–Crippen MR) is 62.2 cm³/mol.